The minimum atomic E-state index is -6.72. The van der Waals surface area contributed by atoms with Crippen LogP contribution in [-0.4, -0.2) is 71.2 Å². The minimum absolute atomic E-state index is 0.332. The van der Waals surface area contributed by atoms with Crippen molar-refractivity contribution in [3.63, 3.8) is 0 Å². The van der Waals surface area contributed by atoms with Gasteiger partial charge >= 0.3 is 11.0 Å². The predicted molar refractivity (Wildman–Crippen MR) is 100 cm³/mol. The van der Waals surface area contributed by atoms with E-state index in [1.807, 2.05) is 0 Å². The number of aliphatic hydroxyl groups excluding tert-OH is 1. The van der Waals surface area contributed by atoms with Crippen LogP contribution in [-0.2, 0) is 20.0 Å². The van der Waals surface area contributed by atoms with E-state index in [0.29, 0.717) is 6.61 Å². The zero-order valence-electron chi connectivity index (χ0n) is 17.1. The van der Waals surface area contributed by atoms with Gasteiger partial charge in [0.1, 0.15) is 0 Å². The molecule has 1 N–H and O–H groups in total. The molecule has 7 nitrogen and oxygen atoms in total. The van der Waals surface area contributed by atoms with Crippen LogP contribution < -0.4 is 0 Å². The van der Waals surface area contributed by atoms with Crippen LogP contribution >= 0.6 is 0 Å². The Balaban J connectivity index is 0. The second-order valence-corrected chi connectivity index (χ2v) is 10.6. The summed E-state index contributed by atoms with van der Waals surface area (Å²) in [6.45, 7) is 4.95. The van der Waals surface area contributed by atoms with Gasteiger partial charge < -0.3 is 13.7 Å². The molecule has 30 heavy (non-hydrogen) atoms. The molecule has 0 aliphatic rings. The fourth-order valence-corrected chi connectivity index (χ4v) is 3.85. The van der Waals surface area contributed by atoms with Crippen molar-refractivity contribution < 1.29 is 52.8 Å². The van der Waals surface area contributed by atoms with E-state index >= 15 is 0 Å². The predicted octanol–water partition coefficient (Wildman–Crippen LogP) is 3.87. The van der Waals surface area contributed by atoms with Gasteiger partial charge in [0.05, 0.1) is 27.2 Å². The van der Waals surface area contributed by atoms with Crippen LogP contribution in [0.15, 0.2) is 0 Å². The quantitative estimate of drug-likeness (QED) is 0.251. The molecule has 0 aromatic carbocycles. The molecule has 0 atom stereocenters. The average Bonchev–Trinajstić information content (AvgIpc) is 2.54. The van der Waals surface area contributed by atoms with E-state index in [0.717, 1.165) is 21.6 Å². The number of unbranched alkanes of at least 4 members (excludes halogenated alkanes) is 5. The molecule has 0 bridgehead atoms. The van der Waals surface area contributed by atoms with Crippen LogP contribution in [0.1, 0.15) is 51.9 Å². The fourth-order valence-electron chi connectivity index (χ4n) is 2.14. The van der Waals surface area contributed by atoms with Gasteiger partial charge in [0.15, 0.2) is 20.0 Å². The van der Waals surface area contributed by atoms with Crippen molar-refractivity contribution in [1.29, 1.82) is 0 Å². The summed E-state index contributed by atoms with van der Waals surface area (Å²) >= 11 is 0. The number of hydrogen-bond donors (Lipinski definition) is 1. The SMILES string of the molecule is CCCCCCCC[N+](C)(C)CCCO.O=S(=O)([N-]S(=O)(=O)C(F)(F)F)C(F)(F)F. The van der Waals surface area contributed by atoms with Crippen molar-refractivity contribution >= 4 is 20.0 Å². The van der Waals surface area contributed by atoms with Gasteiger partial charge in [0.25, 0.3) is 0 Å². The topological polar surface area (TPSA) is 103 Å². The summed E-state index contributed by atoms with van der Waals surface area (Å²) in [5, 5.41) is 8.79. The highest BCUT2D eigenvalue weighted by Crippen LogP contribution is 2.36. The van der Waals surface area contributed by atoms with Crippen molar-refractivity contribution in [3.8, 4) is 0 Å². The van der Waals surface area contributed by atoms with Crippen LogP contribution in [0.2, 0.25) is 0 Å². The first-order valence-electron chi connectivity index (χ1n) is 9.12. The molecule has 0 amide bonds. The summed E-state index contributed by atoms with van der Waals surface area (Å²) in [6.07, 6.45) is 9.17. The molecular formula is C15H30F6N2O5S2. The van der Waals surface area contributed by atoms with E-state index in [1.165, 1.54) is 45.1 Å². The van der Waals surface area contributed by atoms with Crippen molar-refractivity contribution in [2.75, 3.05) is 33.8 Å². The first kappa shape index (κ1) is 31.5. The molecule has 0 aromatic rings. The molecule has 15 heteroatoms. The van der Waals surface area contributed by atoms with Gasteiger partial charge in [-0.15, -0.1) is 0 Å². The Hall–Kier alpha value is -0.640. The van der Waals surface area contributed by atoms with E-state index in [2.05, 4.69) is 21.0 Å². The molecule has 0 aliphatic heterocycles. The Morgan fingerprint density at radius 2 is 1.10 bits per heavy atom. The Morgan fingerprint density at radius 3 is 1.47 bits per heavy atom. The number of hydrogen-bond acceptors (Lipinski definition) is 5. The Bertz CT molecular complexity index is 635. The van der Waals surface area contributed by atoms with Gasteiger partial charge in [-0.05, 0) is 12.8 Å². The second kappa shape index (κ2) is 13.0. The van der Waals surface area contributed by atoms with Gasteiger partial charge in [0, 0.05) is 13.0 Å². The van der Waals surface area contributed by atoms with E-state index in [9.17, 15) is 43.2 Å². The largest absolute Gasteiger partial charge is 0.480 e. The van der Waals surface area contributed by atoms with Crippen LogP contribution in [0.4, 0.5) is 26.3 Å². The summed E-state index contributed by atoms with van der Waals surface area (Å²) in [7, 11) is -8.91. The number of quaternary nitrogens is 1. The Morgan fingerprint density at radius 1 is 0.733 bits per heavy atom. The third-order valence-corrected chi connectivity index (χ3v) is 6.56. The lowest BCUT2D eigenvalue weighted by molar-refractivity contribution is -0.890. The maximum Gasteiger partial charge on any atom is 0.480 e. The maximum absolute atomic E-state index is 11.4. The lowest BCUT2D eigenvalue weighted by Gasteiger charge is -2.29. The van der Waals surface area contributed by atoms with Gasteiger partial charge in [-0.1, -0.05) is 32.6 Å². The highest BCUT2D eigenvalue weighted by atomic mass is 32.3. The highest BCUT2D eigenvalue weighted by molar-refractivity contribution is 8.13. The van der Waals surface area contributed by atoms with Crippen LogP contribution in [0, 0.1) is 0 Å². The molecule has 0 aromatic heterocycles. The summed E-state index contributed by atoms with van der Waals surface area (Å²) < 4.78 is 110. The number of aliphatic hydroxyl groups is 1. The molecule has 184 valence electrons. The smallest absolute Gasteiger partial charge is 0.421 e. The zero-order chi connectivity index (χ0) is 24.3. The summed E-state index contributed by atoms with van der Waals surface area (Å²) in [5.41, 5.74) is -12.4. The molecule has 0 saturated heterocycles. The highest BCUT2D eigenvalue weighted by Gasteiger charge is 2.46. The molecule has 0 aliphatic carbocycles. The maximum atomic E-state index is 11.4. The molecular weight excluding hydrogens is 466 g/mol. The second-order valence-electron chi connectivity index (χ2n) is 7.14. The first-order chi connectivity index (χ1) is 13.3. The summed E-state index contributed by atoms with van der Waals surface area (Å²) in [5.74, 6) is 0. The number of sulfonamides is 2. The summed E-state index contributed by atoms with van der Waals surface area (Å²) in [4.78, 5) is 0. The van der Waals surface area contributed by atoms with Gasteiger partial charge in [-0.3, -0.25) is 0 Å². The monoisotopic (exact) mass is 496 g/mol. The van der Waals surface area contributed by atoms with Crippen molar-refractivity contribution in [2.45, 2.75) is 62.9 Å². The molecule has 0 radical (unpaired) electrons. The summed E-state index contributed by atoms with van der Waals surface area (Å²) in [6, 6.07) is 0. The lowest BCUT2D eigenvalue weighted by Crippen LogP contribution is -2.41. The van der Waals surface area contributed by atoms with Crippen molar-refractivity contribution in [2.24, 2.45) is 0 Å². The van der Waals surface area contributed by atoms with Crippen LogP contribution in [0.3, 0.4) is 0 Å². The molecule has 0 spiro atoms. The normalized spacial score (nSPS) is 13.7. The van der Waals surface area contributed by atoms with Crippen LogP contribution in [0.5, 0.6) is 0 Å². The third-order valence-electron chi connectivity index (χ3n) is 3.82. The molecule has 0 heterocycles. The fraction of sp³-hybridized carbons (Fsp3) is 1.00. The zero-order valence-corrected chi connectivity index (χ0v) is 18.8. The molecule has 0 saturated carbocycles. The minimum Gasteiger partial charge on any atom is -0.421 e. The number of nitrogens with zero attached hydrogens (tertiary/aromatic N) is 2. The van der Waals surface area contributed by atoms with E-state index < -0.39 is 31.1 Å². The third kappa shape index (κ3) is 13.6. The van der Waals surface area contributed by atoms with E-state index in [4.69, 9.17) is 5.11 Å². The number of rotatable bonds is 12. The number of alkyl halides is 6. The van der Waals surface area contributed by atoms with Gasteiger partial charge in [-0.25, -0.2) is 16.8 Å². The first-order valence-corrected chi connectivity index (χ1v) is 12.0. The van der Waals surface area contributed by atoms with Crippen molar-refractivity contribution in [3.05, 3.63) is 4.13 Å². The van der Waals surface area contributed by atoms with E-state index in [-0.39, 0.29) is 0 Å². The van der Waals surface area contributed by atoms with Crippen LogP contribution in [0.25, 0.3) is 4.13 Å². The molecule has 0 unspecified atom stereocenters. The molecule has 0 fully saturated rings. The Kier molecular flexibility index (Phi) is 13.7. The average molecular weight is 497 g/mol. The molecule has 0 rings (SSSR count). The van der Waals surface area contributed by atoms with Crippen molar-refractivity contribution in [1.82, 2.24) is 0 Å². The standard InChI is InChI=1S/C13H30NO.C2F6NO4S2/c1-4-5-6-7-8-9-11-14(2,3)12-10-13-15;3-1(4,5)14(10,11)9-15(12,13)2(6,7)8/h15H,4-13H2,1-3H3;/q+1;-1. The number of halogens is 6. The van der Waals surface area contributed by atoms with E-state index in [1.54, 1.807) is 0 Å². The van der Waals surface area contributed by atoms with Gasteiger partial charge in [-0.2, -0.15) is 26.3 Å². The Labute approximate surface area is 174 Å². The van der Waals surface area contributed by atoms with Gasteiger partial charge in [0.2, 0.25) is 0 Å². The lowest BCUT2D eigenvalue weighted by atomic mass is 10.1.